The number of benzene rings is 1. The van der Waals surface area contributed by atoms with Crippen molar-refractivity contribution in [2.24, 2.45) is 12.8 Å². The predicted molar refractivity (Wildman–Crippen MR) is 145 cm³/mol. The number of ether oxygens (including phenoxy) is 2. The average molecular weight is 568 g/mol. The monoisotopic (exact) mass is 567 g/mol. The fourth-order valence-electron chi connectivity index (χ4n) is 5.95. The number of nitrogens with zero attached hydrogens (tertiary/aromatic N) is 5. The molecule has 0 atom stereocenters. The van der Waals surface area contributed by atoms with Gasteiger partial charge in [-0.2, -0.15) is 13.2 Å². The number of hydrogen-bond donors (Lipinski definition) is 2. The van der Waals surface area contributed by atoms with Crippen LogP contribution in [0.25, 0.3) is 22.3 Å². The van der Waals surface area contributed by atoms with Gasteiger partial charge in [-0.3, -0.25) is 9.69 Å². The molecule has 1 amide bonds. The Bertz CT molecular complexity index is 1650. The number of aryl methyl sites for hydroxylation is 1. The lowest BCUT2D eigenvalue weighted by atomic mass is 9.83. The molecule has 3 aromatic heterocycles. The van der Waals surface area contributed by atoms with Crippen molar-refractivity contribution in [3.8, 4) is 17.0 Å². The molecule has 0 aliphatic carbocycles. The van der Waals surface area contributed by atoms with E-state index in [2.05, 4.69) is 20.3 Å². The minimum atomic E-state index is -4.35. The van der Waals surface area contributed by atoms with Crippen LogP contribution in [0.3, 0.4) is 0 Å². The average Bonchev–Trinajstić information content (AvgIpc) is 3.45. The van der Waals surface area contributed by atoms with Gasteiger partial charge in [-0.15, -0.1) is 0 Å². The summed E-state index contributed by atoms with van der Waals surface area (Å²) in [6.07, 6.45) is -1.77. The Balaban J connectivity index is 1.38. The van der Waals surface area contributed by atoms with Crippen LogP contribution in [0.4, 0.5) is 24.7 Å². The van der Waals surface area contributed by atoms with E-state index in [-0.39, 0.29) is 17.9 Å². The standard InChI is InChI=1S/C28H28F3N7O3/c1-37-15-33-23-16(4-3-5-20(23)37)24-21(40-2)12-18(25(36-24)26(32)39)34-22-7-6-17-19(35-22)13-38(14-28(29,30)31)27(17)8-10-41-11-9-27/h3-7,12,15H,8-11,13-14H2,1-2H3,(H2,32,39)(H,34,35). The van der Waals surface area contributed by atoms with Gasteiger partial charge in [-0.25, -0.2) is 15.0 Å². The molecular weight excluding hydrogens is 539 g/mol. The van der Waals surface area contributed by atoms with Gasteiger partial charge in [-0.05, 0) is 30.5 Å². The van der Waals surface area contributed by atoms with Crippen LogP contribution in [0.2, 0.25) is 0 Å². The molecule has 6 rings (SSSR count). The number of primary amides is 1. The van der Waals surface area contributed by atoms with Gasteiger partial charge >= 0.3 is 6.18 Å². The van der Waals surface area contributed by atoms with Crippen LogP contribution in [0.1, 0.15) is 34.6 Å². The summed E-state index contributed by atoms with van der Waals surface area (Å²) in [6, 6.07) is 10.7. The molecule has 2 aliphatic rings. The second-order valence-corrected chi connectivity index (χ2v) is 10.3. The Morgan fingerprint density at radius 3 is 2.68 bits per heavy atom. The normalized spacial score (nSPS) is 16.7. The van der Waals surface area contributed by atoms with Crippen LogP contribution < -0.4 is 15.8 Å². The number of pyridine rings is 2. The molecule has 0 saturated carbocycles. The first-order valence-electron chi connectivity index (χ1n) is 13.1. The zero-order valence-corrected chi connectivity index (χ0v) is 22.5. The number of imidazole rings is 1. The number of amides is 1. The zero-order chi connectivity index (χ0) is 28.9. The first kappa shape index (κ1) is 27.0. The fourth-order valence-corrected chi connectivity index (χ4v) is 5.95. The number of rotatable bonds is 6. The van der Waals surface area contributed by atoms with Crippen molar-refractivity contribution in [2.45, 2.75) is 31.1 Å². The number of halogens is 3. The summed E-state index contributed by atoms with van der Waals surface area (Å²) in [6.45, 7) is -0.245. The fraction of sp³-hybridized carbons (Fsp3) is 0.357. The van der Waals surface area contributed by atoms with Gasteiger partial charge in [0.25, 0.3) is 5.91 Å². The third-order valence-electron chi connectivity index (χ3n) is 7.83. The second kappa shape index (κ2) is 10.00. The zero-order valence-electron chi connectivity index (χ0n) is 22.5. The number of aromatic nitrogens is 4. The highest BCUT2D eigenvalue weighted by Gasteiger charge is 2.50. The first-order valence-corrected chi connectivity index (χ1v) is 13.1. The molecule has 5 heterocycles. The topological polar surface area (TPSA) is 120 Å². The maximum Gasteiger partial charge on any atom is 0.401 e. The third kappa shape index (κ3) is 4.74. The molecule has 1 fully saturated rings. The summed E-state index contributed by atoms with van der Waals surface area (Å²) in [5, 5.41) is 3.09. The van der Waals surface area contributed by atoms with E-state index < -0.39 is 24.2 Å². The van der Waals surface area contributed by atoms with Gasteiger partial charge in [0.05, 0.1) is 47.9 Å². The highest BCUT2D eigenvalue weighted by Crippen LogP contribution is 2.47. The van der Waals surface area contributed by atoms with Gasteiger partial charge in [0.2, 0.25) is 0 Å². The summed E-state index contributed by atoms with van der Waals surface area (Å²) in [7, 11) is 3.37. The van der Waals surface area contributed by atoms with Crippen LogP contribution in [0.15, 0.2) is 42.7 Å². The van der Waals surface area contributed by atoms with Crippen LogP contribution in [0, 0.1) is 0 Å². The van der Waals surface area contributed by atoms with Crippen molar-refractivity contribution in [2.75, 3.05) is 32.2 Å². The van der Waals surface area contributed by atoms with E-state index in [1.807, 2.05) is 29.8 Å². The Hall–Kier alpha value is -4.23. The molecule has 2 aliphatic heterocycles. The first-order chi connectivity index (χ1) is 19.6. The quantitative estimate of drug-likeness (QED) is 0.355. The number of fused-ring (bicyclic) bond motifs is 3. The van der Waals surface area contributed by atoms with E-state index in [0.29, 0.717) is 60.1 Å². The van der Waals surface area contributed by atoms with Gasteiger partial charge in [-0.1, -0.05) is 18.2 Å². The number of alkyl halides is 3. The minimum absolute atomic E-state index is 0.0433. The van der Waals surface area contributed by atoms with Gasteiger partial charge in [0.15, 0.2) is 5.69 Å². The van der Waals surface area contributed by atoms with E-state index in [9.17, 15) is 18.0 Å². The molecule has 4 aromatic rings. The number of nitrogens with one attached hydrogen (secondary N) is 1. The highest BCUT2D eigenvalue weighted by atomic mass is 19.4. The number of methoxy groups -OCH3 is 1. The molecular formula is C28H28F3N7O3. The van der Waals surface area contributed by atoms with Crippen LogP contribution in [-0.4, -0.2) is 63.4 Å². The predicted octanol–water partition coefficient (Wildman–Crippen LogP) is 4.27. The molecule has 13 heteroatoms. The van der Waals surface area contributed by atoms with Gasteiger partial charge in [0.1, 0.15) is 17.3 Å². The number of hydrogen-bond acceptors (Lipinski definition) is 8. The Morgan fingerprint density at radius 1 is 1.20 bits per heavy atom. The molecule has 41 heavy (non-hydrogen) atoms. The number of carbonyl (C=O) groups excluding carboxylic acids is 1. The smallest absolute Gasteiger partial charge is 0.401 e. The van der Waals surface area contributed by atoms with Crippen molar-refractivity contribution in [1.29, 1.82) is 0 Å². The molecule has 10 nitrogen and oxygen atoms in total. The van der Waals surface area contributed by atoms with Crippen molar-refractivity contribution >= 4 is 28.4 Å². The van der Waals surface area contributed by atoms with Crippen molar-refractivity contribution < 1.29 is 27.4 Å². The molecule has 3 N–H and O–H groups in total. The molecule has 214 valence electrons. The van der Waals surface area contributed by atoms with Crippen LogP contribution in [-0.2, 0) is 23.9 Å². The van der Waals surface area contributed by atoms with Gasteiger partial charge < -0.3 is 25.1 Å². The van der Waals surface area contributed by atoms with E-state index in [0.717, 1.165) is 11.1 Å². The molecule has 1 spiro atoms. The van der Waals surface area contributed by atoms with Crippen molar-refractivity contribution in [3.05, 3.63) is 59.7 Å². The van der Waals surface area contributed by atoms with E-state index >= 15 is 0 Å². The number of nitrogens with two attached hydrogens (primary N) is 1. The number of carbonyl (C=O) groups is 1. The van der Waals surface area contributed by atoms with Gasteiger partial charge in [0, 0.05) is 38.4 Å². The Kier molecular flexibility index (Phi) is 6.57. The highest BCUT2D eigenvalue weighted by molar-refractivity contribution is 6.00. The summed E-state index contributed by atoms with van der Waals surface area (Å²) in [5.74, 6) is -0.0663. The van der Waals surface area contributed by atoms with Crippen LogP contribution in [0.5, 0.6) is 5.75 Å². The summed E-state index contributed by atoms with van der Waals surface area (Å²) in [5.41, 5.74) is 9.08. The maximum atomic E-state index is 13.5. The molecule has 1 aromatic carbocycles. The van der Waals surface area contributed by atoms with Crippen LogP contribution >= 0.6 is 0 Å². The molecule has 1 saturated heterocycles. The number of anilines is 2. The number of para-hydroxylation sites is 1. The van der Waals surface area contributed by atoms with Crippen molar-refractivity contribution in [3.63, 3.8) is 0 Å². The Morgan fingerprint density at radius 2 is 1.98 bits per heavy atom. The van der Waals surface area contributed by atoms with E-state index in [4.69, 9.17) is 15.2 Å². The van der Waals surface area contributed by atoms with Crippen molar-refractivity contribution in [1.82, 2.24) is 24.4 Å². The summed E-state index contributed by atoms with van der Waals surface area (Å²) < 4.78 is 53.5. The summed E-state index contributed by atoms with van der Waals surface area (Å²) >= 11 is 0. The van der Waals surface area contributed by atoms with E-state index in [1.54, 1.807) is 24.5 Å². The van der Waals surface area contributed by atoms with E-state index in [1.165, 1.54) is 12.0 Å². The lowest BCUT2D eigenvalue weighted by molar-refractivity contribution is -0.167. The lowest BCUT2D eigenvalue weighted by Crippen LogP contribution is -2.48. The Labute approximate surface area is 233 Å². The molecule has 0 radical (unpaired) electrons. The SMILES string of the molecule is COc1cc(Nc2ccc3c(n2)CN(CC(F)(F)F)C32CCOCC2)c(C(N)=O)nc1-c1cccc2c1ncn2C. The molecule has 0 bridgehead atoms. The maximum absolute atomic E-state index is 13.5. The second-order valence-electron chi connectivity index (χ2n) is 10.3. The largest absolute Gasteiger partial charge is 0.494 e. The summed E-state index contributed by atoms with van der Waals surface area (Å²) in [4.78, 5) is 27.7. The third-order valence-corrected chi connectivity index (χ3v) is 7.83. The minimum Gasteiger partial charge on any atom is -0.494 e. The molecule has 0 unspecified atom stereocenters. The lowest BCUT2D eigenvalue weighted by Gasteiger charge is -2.42.